The van der Waals surface area contributed by atoms with Gasteiger partial charge in [0.15, 0.2) is 0 Å². The second-order valence-corrected chi connectivity index (χ2v) is 5.32. The Morgan fingerprint density at radius 3 is 2.40 bits per heavy atom. The van der Waals surface area contributed by atoms with Gasteiger partial charge in [0.25, 0.3) is 0 Å². The van der Waals surface area contributed by atoms with E-state index < -0.39 is 5.97 Å². The van der Waals surface area contributed by atoms with Crippen molar-refractivity contribution in [1.29, 1.82) is 0 Å². The number of carbonyl (C=O) groups is 2. The first-order chi connectivity index (χ1) is 9.36. The zero-order valence-electron chi connectivity index (χ0n) is 11.0. The average Bonchev–Trinajstić information content (AvgIpc) is 2.25. The standard InChI is InChI=1S/C13H16Cl2N2O3/c1-8(3-2-4-12(18)19)16-13(20)17-11-6-9(14)5-10(15)7-11/h5-8H,2-4H2,1H3,(H,18,19)(H2,16,17,20). The van der Waals surface area contributed by atoms with Crippen LogP contribution in [0.2, 0.25) is 10.0 Å². The summed E-state index contributed by atoms with van der Waals surface area (Å²) in [5, 5.41) is 14.7. The van der Waals surface area contributed by atoms with Gasteiger partial charge in [0.2, 0.25) is 0 Å². The highest BCUT2D eigenvalue weighted by Crippen LogP contribution is 2.22. The lowest BCUT2D eigenvalue weighted by atomic mass is 10.1. The van der Waals surface area contributed by atoms with Gasteiger partial charge in [-0.05, 0) is 38.0 Å². The molecule has 0 aliphatic heterocycles. The molecule has 2 amide bonds. The quantitative estimate of drug-likeness (QED) is 0.747. The molecule has 0 spiro atoms. The highest BCUT2D eigenvalue weighted by atomic mass is 35.5. The maximum atomic E-state index is 11.7. The van der Waals surface area contributed by atoms with Crippen molar-refractivity contribution in [2.75, 3.05) is 5.32 Å². The number of nitrogens with one attached hydrogen (secondary N) is 2. The number of anilines is 1. The minimum Gasteiger partial charge on any atom is -0.481 e. The Kier molecular flexibility index (Phi) is 6.61. The van der Waals surface area contributed by atoms with Crippen LogP contribution in [0.1, 0.15) is 26.2 Å². The maximum Gasteiger partial charge on any atom is 0.319 e. The van der Waals surface area contributed by atoms with Gasteiger partial charge in [-0.25, -0.2) is 4.79 Å². The highest BCUT2D eigenvalue weighted by molar-refractivity contribution is 6.35. The molecule has 0 saturated heterocycles. The molecule has 5 nitrogen and oxygen atoms in total. The highest BCUT2D eigenvalue weighted by Gasteiger charge is 2.09. The van der Waals surface area contributed by atoms with Crippen LogP contribution in [-0.2, 0) is 4.79 Å². The van der Waals surface area contributed by atoms with Crippen molar-refractivity contribution in [3.8, 4) is 0 Å². The fraction of sp³-hybridized carbons (Fsp3) is 0.385. The van der Waals surface area contributed by atoms with Crippen LogP contribution in [0.3, 0.4) is 0 Å². The van der Waals surface area contributed by atoms with E-state index in [-0.39, 0.29) is 18.5 Å². The third-order valence-electron chi connectivity index (χ3n) is 2.53. The largest absolute Gasteiger partial charge is 0.481 e. The van der Waals surface area contributed by atoms with E-state index in [1.54, 1.807) is 18.2 Å². The lowest BCUT2D eigenvalue weighted by Crippen LogP contribution is -2.36. The van der Waals surface area contributed by atoms with Crippen molar-refractivity contribution >= 4 is 40.9 Å². The second-order valence-electron chi connectivity index (χ2n) is 4.44. The minimum atomic E-state index is -0.838. The Morgan fingerprint density at radius 1 is 1.25 bits per heavy atom. The molecule has 1 atom stereocenters. The Morgan fingerprint density at radius 2 is 1.85 bits per heavy atom. The first-order valence-electron chi connectivity index (χ1n) is 6.12. The number of urea groups is 1. The molecule has 0 fully saturated rings. The number of amides is 2. The Balaban J connectivity index is 2.40. The number of hydrogen-bond donors (Lipinski definition) is 3. The van der Waals surface area contributed by atoms with Gasteiger partial charge in [-0.3, -0.25) is 4.79 Å². The lowest BCUT2D eigenvalue weighted by Gasteiger charge is -2.14. The molecule has 0 bridgehead atoms. The number of carbonyl (C=O) groups excluding carboxylic acids is 1. The van der Waals surface area contributed by atoms with E-state index in [1.165, 1.54) is 0 Å². The van der Waals surface area contributed by atoms with Crippen LogP contribution in [0.4, 0.5) is 10.5 Å². The van der Waals surface area contributed by atoms with Crippen LogP contribution in [-0.4, -0.2) is 23.1 Å². The van der Waals surface area contributed by atoms with Gasteiger partial charge >= 0.3 is 12.0 Å². The molecule has 3 N–H and O–H groups in total. The normalized spacial score (nSPS) is 11.8. The summed E-state index contributed by atoms with van der Waals surface area (Å²) in [5.41, 5.74) is 0.498. The molecule has 0 aliphatic rings. The molecule has 7 heteroatoms. The number of carboxylic acid groups (broad SMARTS) is 1. The molecule has 0 radical (unpaired) electrons. The summed E-state index contributed by atoms with van der Waals surface area (Å²) in [7, 11) is 0. The summed E-state index contributed by atoms with van der Waals surface area (Å²) >= 11 is 11.7. The first kappa shape index (κ1) is 16.6. The van der Waals surface area contributed by atoms with Gasteiger partial charge in [-0.15, -0.1) is 0 Å². The average molecular weight is 319 g/mol. The summed E-state index contributed by atoms with van der Waals surface area (Å²) in [6.07, 6.45) is 1.20. The van der Waals surface area contributed by atoms with Gasteiger partial charge in [0, 0.05) is 28.2 Å². The van der Waals surface area contributed by atoms with Crippen molar-refractivity contribution in [2.45, 2.75) is 32.2 Å². The minimum absolute atomic E-state index is 0.0948. The van der Waals surface area contributed by atoms with E-state index in [1.807, 2.05) is 6.92 Å². The Hall–Kier alpha value is -1.46. The van der Waals surface area contributed by atoms with Crippen LogP contribution in [0, 0.1) is 0 Å². The molecule has 0 aromatic heterocycles. The zero-order valence-corrected chi connectivity index (χ0v) is 12.5. The van der Waals surface area contributed by atoms with Crippen molar-refractivity contribution in [2.24, 2.45) is 0 Å². The number of halogens is 2. The number of rotatable bonds is 6. The summed E-state index contributed by atoms with van der Waals surface area (Å²) < 4.78 is 0. The number of carboxylic acids is 1. The SMILES string of the molecule is CC(CCCC(=O)O)NC(=O)Nc1cc(Cl)cc(Cl)c1. The predicted octanol–water partition coefficient (Wildman–Crippen LogP) is 3.76. The fourth-order valence-corrected chi connectivity index (χ4v) is 2.17. The molecule has 0 saturated carbocycles. The van der Waals surface area contributed by atoms with E-state index >= 15 is 0 Å². The molecule has 0 heterocycles. The van der Waals surface area contributed by atoms with Crippen LogP contribution < -0.4 is 10.6 Å². The van der Waals surface area contributed by atoms with Gasteiger partial charge in [-0.2, -0.15) is 0 Å². The topological polar surface area (TPSA) is 78.4 Å². The second kappa shape index (κ2) is 7.97. The molecule has 110 valence electrons. The molecular weight excluding hydrogens is 303 g/mol. The van der Waals surface area contributed by atoms with Crippen LogP contribution in [0.5, 0.6) is 0 Å². The van der Waals surface area contributed by atoms with E-state index in [0.717, 1.165) is 0 Å². The monoisotopic (exact) mass is 318 g/mol. The van der Waals surface area contributed by atoms with Crippen molar-refractivity contribution in [3.63, 3.8) is 0 Å². The molecule has 1 rings (SSSR count). The summed E-state index contributed by atoms with van der Waals surface area (Å²) in [6, 6.07) is 4.24. The fourth-order valence-electron chi connectivity index (χ4n) is 1.65. The molecule has 1 aromatic carbocycles. The molecular formula is C13H16Cl2N2O3. The Labute approximate surface area is 127 Å². The maximum absolute atomic E-state index is 11.7. The third kappa shape index (κ3) is 6.63. The van der Waals surface area contributed by atoms with Crippen LogP contribution in [0.25, 0.3) is 0 Å². The van der Waals surface area contributed by atoms with Crippen LogP contribution in [0.15, 0.2) is 18.2 Å². The molecule has 1 aromatic rings. The van der Waals surface area contributed by atoms with Crippen molar-refractivity contribution in [1.82, 2.24) is 5.32 Å². The van der Waals surface area contributed by atoms with E-state index in [2.05, 4.69) is 10.6 Å². The predicted molar refractivity (Wildman–Crippen MR) is 79.6 cm³/mol. The van der Waals surface area contributed by atoms with Crippen LogP contribution >= 0.6 is 23.2 Å². The number of aliphatic carboxylic acids is 1. The Bertz CT molecular complexity index is 474. The van der Waals surface area contributed by atoms with E-state index in [0.29, 0.717) is 28.6 Å². The summed E-state index contributed by atoms with van der Waals surface area (Å²) in [6.45, 7) is 1.81. The smallest absolute Gasteiger partial charge is 0.319 e. The number of hydrogen-bond acceptors (Lipinski definition) is 2. The van der Waals surface area contributed by atoms with Gasteiger partial charge in [0.05, 0.1) is 0 Å². The third-order valence-corrected chi connectivity index (χ3v) is 2.96. The van der Waals surface area contributed by atoms with Gasteiger partial charge < -0.3 is 15.7 Å². The van der Waals surface area contributed by atoms with Crippen molar-refractivity contribution in [3.05, 3.63) is 28.2 Å². The lowest BCUT2D eigenvalue weighted by molar-refractivity contribution is -0.137. The molecule has 0 aliphatic carbocycles. The zero-order chi connectivity index (χ0) is 15.1. The van der Waals surface area contributed by atoms with E-state index in [4.69, 9.17) is 28.3 Å². The van der Waals surface area contributed by atoms with Crippen molar-refractivity contribution < 1.29 is 14.7 Å². The summed E-state index contributed by atoms with van der Waals surface area (Å²) in [4.78, 5) is 22.1. The van der Waals surface area contributed by atoms with Gasteiger partial charge in [-0.1, -0.05) is 23.2 Å². The van der Waals surface area contributed by atoms with E-state index in [9.17, 15) is 9.59 Å². The first-order valence-corrected chi connectivity index (χ1v) is 6.88. The molecule has 1 unspecified atom stereocenters. The summed E-state index contributed by atoms with van der Waals surface area (Å²) in [5.74, 6) is -0.838. The number of benzene rings is 1. The molecule has 20 heavy (non-hydrogen) atoms. The van der Waals surface area contributed by atoms with Gasteiger partial charge in [0.1, 0.15) is 0 Å².